The van der Waals surface area contributed by atoms with Crippen molar-refractivity contribution in [2.24, 2.45) is 4.99 Å². The van der Waals surface area contributed by atoms with E-state index in [0.29, 0.717) is 19.0 Å². The molecule has 0 aliphatic carbocycles. The van der Waals surface area contributed by atoms with Crippen LogP contribution >= 0.6 is 0 Å². The summed E-state index contributed by atoms with van der Waals surface area (Å²) in [7, 11) is 0. The highest BCUT2D eigenvalue weighted by atomic mass is 19.1. The van der Waals surface area contributed by atoms with Crippen molar-refractivity contribution < 1.29 is 9.13 Å². The molecule has 7 nitrogen and oxygen atoms in total. The minimum Gasteiger partial charge on any atom is -0.485 e. The summed E-state index contributed by atoms with van der Waals surface area (Å²) in [5, 5.41) is 14.5. The molecule has 1 aromatic carbocycles. The zero-order valence-corrected chi connectivity index (χ0v) is 16.3. The third-order valence-electron chi connectivity index (χ3n) is 4.04. The van der Waals surface area contributed by atoms with Gasteiger partial charge >= 0.3 is 0 Å². The molecule has 1 aromatic heterocycles. The number of aromatic nitrogens is 3. The number of rotatable bonds is 10. The highest BCUT2D eigenvalue weighted by Crippen LogP contribution is 2.18. The van der Waals surface area contributed by atoms with Gasteiger partial charge in [-0.25, -0.2) is 9.38 Å². The molecular formula is C19H29FN6O. The Labute approximate surface area is 160 Å². The molecule has 1 atom stereocenters. The molecule has 2 N–H and O–H groups in total. The van der Waals surface area contributed by atoms with Gasteiger partial charge < -0.3 is 19.9 Å². The van der Waals surface area contributed by atoms with Crippen molar-refractivity contribution in [3.63, 3.8) is 0 Å². The molecule has 1 unspecified atom stereocenters. The first-order chi connectivity index (χ1) is 13.2. The van der Waals surface area contributed by atoms with Crippen LogP contribution in [0.4, 0.5) is 4.39 Å². The lowest BCUT2D eigenvalue weighted by atomic mass is 10.2. The Morgan fingerprint density at radius 3 is 2.78 bits per heavy atom. The molecule has 0 amide bonds. The number of benzene rings is 1. The topological polar surface area (TPSA) is 76.4 Å². The lowest BCUT2D eigenvalue weighted by Gasteiger charge is -2.17. The van der Waals surface area contributed by atoms with E-state index in [0.717, 1.165) is 31.8 Å². The van der Waals surface area contributed by atoms with Gasteiger partial charge in [0.05, 0.1) is 6.54 Å². The fourth-order valence-corrected chi connectivity index (χ4v) is 2.54. The standard InChI is InChI=1S/C19H29FN6O/c1-4-15(27-17-10-8-7-9-16(17)20)13-23-19(21-6-3)22-11-12-26-14-24-25-18(26)5-2/h7-10,14-15H,4-6,11-13H2,1-3H3,(H2,21,22,23). The Balaban J connectivity index is 1.89. The van der Waals surface area contributed by atoms with Crippen molar-refractivity contribution in [2.45, 2.75) is 46.3 Å². The minimum atomic E-state index is -0.356. The average Bonchev–Trinajstić information content (AvgIpc) is 3.13. The van der Waals surface area contributed by atoms with Gasteiger partial charge in [0.25, 0.3) is 0 Å². The van der Waals surface area contributed by atoms with Gasteiger partial charge in [-0.15, -0.1) is 10.2 Å². The highest BCUT2D eigenvalue weighted by Gasteiger charge is 2.11. The fraction of sp³-hybridized carbons (Fsp3) is 0.526. The molecule has 27 heavy (non-hydrogen) atoms. The maximum absolute atomic E-state index is 13.8. The zero-order chi connectivity index (χ0) is 19.5. The number of ether oxygens (including phenoxy) is 1. The molecule has 0 aliphatic heterocycles. The Bertz CT molecular complexity index is 718. The van der Waals surface area contributed by atoms with Gasteiger partial charge in [0.1, 0.15) is 18.3 Å². The molecule has 148 valence electrons. The van der Waals surface area contributed by atoms with Gasteiger partial charge in [0, 0.05) is 26.1 Å². The van der Waals surface area contributed by atoms with Gasteiger partial charge in [0.15, 0.2) is 17.5 Å². The summed E-state index contributed by atoms with van der Waals surface area (Å²) in [5.41, 5.74) is 0. The van der Waals surface area contributed by atoms with E-state index in [9.17, 15) is 4.39 Å². The van der Waals surface area contributed by atoms with Gasteiger partial charge in [-0.2, -0.15) is 0 Å². The number of aliphatic imine (C=N–C) groups is 1. The number of para-hydroxylation sites is 1. The molecule has 1 heterocycles. The molecular weight excluding hydrogens is 347 g/mol. The van der Waals surface area contributed by atoms with Crippen LogP contribution in [0.15, 0.2) is 35.6 Å². The second kappa shape index (κ2) is 11.2. The van der Waals surface area contributed by atoms with Gasteiger partial charge in [-0.05, 0) is 25.5 Å². The van der Waals surface area contributed by atoms with Crippen LogP contribution in [0.5, 0.6) is 5.75 Å². The largest absolute Gasteiger partial charge is 0.485 e. The van der Waals surface area contributed by atoms with Crippen molar-refractivity contribution in [3.8, 4) is 5.75 Å². The van der Waals surface area contributed by atoms with Crippen LogP contribution in [0, 0.1) is 5.82 Å². The number of hydrogen-bond donors (Lipinski definition) is 2. The predicted molar refractivity (Wildman–Crippen MR) is 104 cm³/mol. The van der Waals surface area contributed by atoms with E-state index in [4.69, 9.17) is 4.74 Å². The van der Waals surface area contributed by atoms with Gasteiger partial charge in [-0.1, -0.05) is 26.0 Å². The van der Waals surface area contributed by atoms with Crippen molar-refractivity contribution in [1.82, 2.24) is 25.4 Å². The van der Waals surface area contributed by atoms with Crippen LogP contribution in [-0.2, 0) is 13.0 Å². The molecule has 0 saturated heterocycles. The smallest absolute Gasteiger partial charge is 0.191 e. The number of aryl methyl sites for hydroxylation is 1. The van der Waals surface area contributed by atoms with Gasteiger partial charge in [-0.3, -0.25) is 0 Å². The van der Waals surface area contributed by atoms with Crippen LogP contribution in [0.2, 0.25) is 0 Å². The Kier molecular flexibility index (Phi) is 8.54. The van der Waals surface area contributed by atoms with E-state index in [2.05, 4.69) is 32.7 Å². The summed E-state index contributed by atoms with van der Waals surface area (Å²) in [4.78, 5) is 4.58. The van der Waals surface area contributed by atoms with E-state index >= 15 is 0 Å². The minimum absolute atomic E-state index is 0.193. The number of halogens is 1. The lowest BCUT2D eigenvalue weighted by molar-refractivity contribution is 0.196. The van der Waals surface area contributed by atoms with Crippen LogP contribution < -0.4 is 15.4 Å². The molecule has 2 aromatic rings. The Morgan fingerprint density at radius 1 is 1.26 bits per heavy atom. The predicted octanol–water partition coefficient (Wildman–Crippen LogP) is 2.39. The molecule has 0 bridgehead atoms. The first kappa shape index (κ1) is 20.7. The van der Waals surface area contributed by atoms with E-state index < -0.39 is 0 Å². The third kappa shape index (κ3) is 6.54. The molecule has 0 spiro atoms. The van der Waals surface area contributed by atoms with E-state index in [-0.39, 0.29) is 17.7 Å². The summed E-state index contributed by atoms with van der Waals surface area (Å²) in [5.74, 6) is 1.57. The summed E-state index contributed by atoms with van der Waals surface area (Å²) in [6.45, 7) is 8.71. The fourth-order valence-electron chi connectivity index (χ4n) is 2.54. The first-order valence-electron chi connectivity index (χ1n) is 9.47. The zero-order valence-electron chi connectivity index (χ0n) is 16.3. The maximum Gasteiger partial charge on any atom is 0.191 e. The quantitative estimate of drug-likeness (QED) is 0.492. The van der Waals surface area contributed by atoms with Crippen molar-refractivity contribution in [2.75, 3.05) is 19.6 Å². The highest BCUT2D eigenvalue weighted by molar-refractivity contribution is 5.79. The number of nitrogens with one attached hydrogen (secondary N) is 2. The number of hydrogen-bond acceptors (Lipinski definition) is 4. The first-order valence-corrected chi connectivity index (χ1v) is 9.47. The molecule has 0 radical (unpaired) electrons. The van der Waals surface area contributed by atoms with E-state index in [1.807, 2.05) is 18.4 Å². The number of guanidine groups is 1. The monoisotopic (exact) mass is 376 g/mol. The Morgan fingerprint density at radius 2 is 2.07 bits per heavy atom. The molecule has 2 rings (SSSR count). The van der Waals surface area contributed by atoms with Crippen LogP contribution in [0.1, 0.15) is 33.0 Å². The second-order valence-electron chi connectivity index (χ2n) is 6.02. The number of nitrogens with zero attached hydrogens (tertiary/aromatic N) is 4. The normalized spacial score (nSPS) is 12.7. The molecule has 0 aliphatic rings. The molecule has 0 saturated carbocycles. The Hall–Kier alpha value is -2.64. The summed E-state index contributed by atoms with van der Waals surface area (Å²) in [6, 6.07) is 6.44. The molecule has 0 fully saturated rings. The van der Waals surface area contributed by atoms with Crippen molar-refractivity contribution in [1.29, 1.82) is 0 Å². The van der Waals surface area contributed by atoms with E-state index in [1.165, 1.54) is 6.07 Å². The summed E-state index contributed by atoms with van der Waals surface area (Å²) in [6.07, 6.45) is 3.12. The van der Waals surface area contributed by atoms with Crippen molar-refractivity contribution >= 4 is 5.96 Å². The SMILES string of the molecule is CCNC(=NCC(CC)Oc1ccccc1F)NCCn1cnnc1CC. The van der Waals surface area contributed by atoms with Gasteiger partial charge in [0.2, 0.25) is 0 Å². The summed E-state index contributed by atoms with van der Waals surface area (Å²) >= 11 is 0. The maximum atomic E-state index is 13.8. The van der Waals surface area contributed by atoms with Crippen molar-refractivity contribution in [3.05, 3.63) is 42.2 Å². The second-order valence-corrected chi connectivity index (χ2v) is 6.02. The molecule has 8 heteroatoms. The van der Waals surface area contributed by atoms with E-state index in [1.54, 1.807) is 24.5 Å². The van der Waals surface area contributed by atoms with Crippen LogP contribution in [-0.4, -0.2) is 46.5 Å². The van der Waals surface area contributed by atoms with Crippen LogP contribution in [0.25, 0.3) is 0 Å². The van der Waals surface area contributed by atoms with Crippen LogP contribution in [0.3, 0.4) is 0 Å². The summed E-state index contributed by atoms with van der Waals surface area (Å²) < 4.78 is 21.5. The average molecular weight is 376 g/mol. The third-order valence-corrected chi connectivity index (χ3v) is 4.04. The lowest BCUT2D eigenvalue weighted by Crippen LogP contribution is -2.39.